The summed E-state index contributed by atoms with van der Waals surface area (Å²) in [7, 11) is -3.82. The van der Waals surface area contributed by atoms with Gasteiger partial charge in [-0.05, 0) is 11.8 Å². The fourth-order valence-electron chi connectivity index (χ4n) is 1.31. The summed E-state index contributed by atoms with van der Waals surface area (Å²) in [6, 6.07) is 0. The molecule has 0 aliphatic heterocycles. The number of rotatable bonds is 10. The van der Waals surface area contributed by atoms with Crippen LogP contribution in [0.5, 0.6) is 0 Å². The molecule has 10 heteroatoms. The number of hydrogen-bond acceptors (Lipinski definition) is 8. The van der Waals surface area contributed by atoms with Crippen LogP contribution in [-0.4, -0.2) is 53.8 Å². The van der Waals surface area contributed by atoms with Crippen LogP contribution in [0.4, 0.5) is 0 Å². The van der Waals surface area contributed by atoms with Crippen molar-refractivity contribution in [3.8, 4) is 0 Å². The Bertz CT molecular complexity index is 437. The Labute approximate surface area is 147 Å². The molecule has 0 aromatic carbocycles. The molecule has 0 aromatic rings. The molecule has 7 nitrogen and oxygen atoms in total. The molecule has 0 saturated carbocycles. The van der Waals surface area contributed by atoms with Crippen LogP contribution in [0.2, 0.25) is 0 Å². The third-order valence-electron chi connectivity index (χ3n) is 2.59. The van der Waals surface area contributed by atoms with Crippen molar-refractivity contribution in [1.29, 1.82) is 0 Å². The van der Waals surface area contributed by atoms with Gasteiger partial charge in [0, 0.05) is 0 Å². The van der Waals surface area contributed by atoms with Gasteiger partial charge in [-0.1, -0.05) is 20.8 Å². The molecule has 0 saturated heterocycles. The summed E-state index contributed by atoms with van der Waals surface area (Å²) in [6.45, 7) is 5.21. The first-order chi connectivity index (χ1) is 10.5. The first-order valence-corrected chi connectivity index (χ1v) is 10.0. The Balaban J connectivity index is 4.53. The van der Waals surface area contributed by atoms with Gasteiger partial charge < -0.3 is 18.9 Å². The monoisotopic (exact) mass is 388 g/mol. The van der Waals surface area contributed by atoms with E-state index < -0.39 is 25.6 Å². The lowest BCUT2D eigenvalue weighted by molar-refractivity contribution is -0.157. The average Bonchev–Trinajstić information content (AvgIpc) is 2.46. The minimum Gasteiger partial charge on any atom is -0.461 e. The highest BCUT2D eigenvalue weighted by Crippen LogP contribution is 2.44. The zero-order valence-electron chi connectivity index (χ0n) is 13.6. The number of ether oxygens (including phenoxy) is 2. The van der Waals surface area contributed by atoms with E-state index in [9.17, 15) is 19.0 Å². The molecule has 0 aliphatic carbocycles. The van der Waals surface area contributed by atoms with Crippen LogP contribution in [0.3, 0.4) is 0 Å². The van der Waals surface area contributed by atoms with E-state index in [1.54, 1.807) is 0 Å². The molecule has 0 rings (SSSR count). The molecule has 0 heterocycles. The van der Waals surface area contributed by atoms with Crippen molar-refractivity contribution >= 4 is 44.8 Å². The predicted molar refractivity (Wildman–Crippen MR) is 93.3 cm³/mol. The van der Waals surface area contributed by atoms with Crippen LogP contribution < -0.4 is 0 Å². The highest BCUT2D eigenvalue weighted by molar-refractivity contribution is 7.81. The molecule has 0 aliphatic rings. The second kappa shape index (κ2) is 10.6. The summed E-state index contributed by atoms with van der Waals surface area (Å²) in [5.41, 5.74) is -0.109. The van der Waals surface area contributed by atoms with E-state index >= 15 is 0 Å². The number of esters is 2. The van der Waals surface area contributed by atoms with Crippen LogP contribution in [0.1, 0.15) is 27.2 Å². The van der Waals surface area contributed by atoms with Gasteiger partial charge in [0.05, 0.1) is 24.3 Å². The quantitative estimate of drug-likeness (QED) is 0.299. The van der Waals surface area contributed by atoms with Gasteiger partial charge in [-0.25, -0.2) is 0 Å². The lowest BCUT2D eigenvalue weighted by atomic mass is 9.94. The Morgan fingerprint density at radius 1 is 1.13 bits per heavy atom. The smallest absolute Gasteiger partial charge is 0.328 e. The SMILES string of the molecule is CC(C)(C)CCP(=O)(O)OCC(COC(=O)CS)OC(=O)CS. The van der Waals surface area contributed by atoms with E-state index in [-0.39, 0.29) is 36.3 Å². The highest BCUT2D eigenvalue weighted by atomic mass is 32.1. The fraction of sp³-hybridized carbons (Fsp3) is 0.846. The zero-order valence-corrected chi connectivity index (χ0v) is 16.2. The Kier molecular flexibility index (Phi) is 10.5. The second-order valence-electron chi connectivity index (χ2n) is 6.08. The summed E-state index contributed by atoms with van der Waals surface area (Å²) in [6.07, 6.45) is -0.495. The minimum atomic E-state index is -3.82. The first kappa shape index (κ1) is 22.8. The van der Waals surface area contributed by atoms with Gasteiger partial charge in [-0.2, -0.15) is 25.3 Å². The van der Waals surface area contributed by atoms with Gasteiger partial charge in [-0.3, -0.25) is 14.2 Å². The van der Waals surface area contributed by atoms with Crippen LogP contribution >= 0.6 is 32.9 Å². The van der Waals surface area contributed by atoms with Crippen molar-refractivity contribution in [3.05, 3.63) is 0 Å². The summed E-state index contributed by atoms with van der Waals surface area (Å²) in [5.74, 6) is -1.54. The maximum absolute atomic E-state index is 12.0. The number of carbonyl (C=O) groups excluding carboxylic acids is 2. The standard InChI is InChI=1S/C13H25O7PS2/c1-13(2,3)4-5-21(16,17)19-7-10(20-12(15)9-23)6-18-11(14)8-22/h10,22-23H,4-9H2,1-3H3,(H,16,17). The topological polar surface area (TPSA) is 99.1 Å². The first-order valence-electron chi connectivity index (χ1n) is 7.02. The summed E-state index contributed by atoms with van der Waals surface area (Å²) in [5, 5.41) is 0. The maximum Gasteiger partial charge on any atom is 0.328 e. The van der Waals surface area contributed by atoms with E-state index in [0.717, 1.165) is 0 Å². The van der Waals surface area contributed by atoms with E-state index in [1.165, 1.54) is 0 Å². The van der Waals surface area contributed by atoms with Crippen LogP contribution in [0, 0.1) is 5.41 Å². The van der Waals surface area contributed by atoms with Crippen LogP contribution in [0.25, 0.3) is 0 Å². The van der Waals surface area contributed by atoms with Gasteiger partial charge in [-0.15, -0.1) is 0 Å². The molecule has 0 amide bonds. The molecular weight excluding hydrogens is 363 g/mol. The summed E-state index contributed by atoms with van der Waals surface area (Å²) < 4.78 is 26.7. The molecule has 0 aromatic heterocycles. The third kappa shape index (κ3) is 12.8. The lowest BCUT2D eigenvalue weighted by Crippen LogP contribution is -2.30. The van der Waals surface area contributed by atoms with Gasteiger partial charge in [0.15, 0.2) is 6.10 Å². The van der Waals surface area contributed by atoms with E-state index in [4.69, 9.17) is 14.0 Å². The summed E-state index contributed by atoms with van der Waals surface area (Å²) >= 11 is 7.52. The minimum absolute atomic E-state index is 0.0137. The largest absolute Gasteiger partial charge is 0.461 e. The molecule has 0 bridgehead atoms. The molecule has 0 spiro atoms. The van der Waals surface area contributed by atoms with E-state index in [2.05, 4.69) is 25.3 Å². The lowest BCUT2D eigenvalue weighted by Gasteiger charge is -2.22. The fourth-order valence-corrected chi connectivity index (χ4v) is 2.96. The number of hydrogen-bond donors (Lipinski definition) is 3. The normalized spacial score (nSPS) is 15.6. The molecular formula is C13H25O7PS2. The van der Waals surface area contributed by atoms with Crippen molar-refractivity contribution in [1.82, 2.24) is 0 Å². The van der Waals surface area contributed by atoms with Crippen molar-refractivity contribution in [2.24, 2.45) is 5.41 Å². The Morgan fingerprint density at radius 3 is 2.17 bits per heavy atom. The molecule has 2 unspecified atom stereocenters. The third-order valence-corrected chi connectivity index (χ3v) is 4.45. The van der Waals surface area contributed by atoms with Crippen molar-refractivity contribution in [2.75, 3.05) is 30.9 Å². The van der Waals surface area contributed by atoms with E-state index in [1.807, 2.05) is 20.8 Å². The number of thiol groups is 2. The average molecular weight is 388 g/mol. The maximum atomic E-state index is 12.0. The molecule has 23 heavy (non-hydrogen) atoms. The molecule has 2 atom stereocenters. The van der Waals surface area contributed by atoms with Crippen LogP contribution in [-0.2, 0) is 28.2 Å². The predicted octanol–water partition coefficient (Wildman–Crippen LogP) is 1.94. The van der Waals surface area contributed by atoms with Crippen LogP contribution in [0.15, 0.2) is 0 Å². The van der Waals surface area contributed by atoms with E-state index in [0.29, 0.717) is 6.42 Å². The van der Waals surface area contributed by atoms with Gasteiger partial charge in [0.1, 0.15) is 6.61 Å². The van der Waals surface area contributed by atoms with Crippen molar-refractivity contribution in [3.63, 3.8) is 0 Å². The van der Waals surface area contributed by atoms with Gasteiger partial charge in [0.2, 0.25) is 0 Å². The zero-order chi connectivity index (χ0) is 18.1. The van der Waals surface area contributed by atoms with Gasteiger partial charge >= 0.3 is 19.5 Å². The molecule has 0 fully saturated rings. The van der Waals surface area contributed by atoms with Gasteiger partial charge in [0.25, 0.3) is 0 Å². The number of carbonyl (C=O) groups is 2. The second-order valence-corrected chi connectivity index (χ2v) is 8.69. The Hall–Kier alpha value is -0.210. The molecule has 136 valence electrons. The van der Waals surface area contributed by atoms with Crippen molar-refractivity contribution in [2.45, 2.75) is 33.3 Å². The molecule has 0 radical (unpaired) electrons. The Morgan fingerprint density at radius 2 is 1.70 bits per heavy atom. The van der Waals surface area contributed by atoms with Crippen molar-refractivity contribution < 1.29 is 33.0 Å². The summed E-state index contributed by atoms with van der Waals surface area (Å²) in [4.78, 5) is 32.2. The highest BCUT2D eigenvalue weighted by Gasteiger charge is 2.26. The molecule has 1 N–H and O–H groups in total.